The van der Waals surface area contributed by atoms with Crippen LogP contribution in [0.15, 0.2) is 6.07 Å². The fourth-order valence-electron chi connectivity index (χ4n) is 5.45. The lowest BCUT2D eigenvalue weighted by Crippen LogP contribution is -2.53. The van der Waals surface area contributed by atoms with Crippen molar-refractivity contribution in [3.8, 4) is 0 Å². The molecule has 1 aromatic rings. The van der Waals surface area contributed by atoms with Crippen LogP contribution in [0.4, 0.5) is 24.8 Å². The number of ether oxygens (including phenoxy) is 2. The number of aromatic nitrogens is 2. The highest BCUT2D eigenvalue weighted by Gasteiger charge is 2.43. The van der Waals surface area contributed by atoms with Gasteiger partial charge in [0.2, 0.25) is 15.8 Å². The molecule has 0 N–H and O–H groups in total. The van der Waals surface area contributed by atoms with Gasteiger partial charge in [-0.1, -0.05) is 19.3 Å². The van der Waals surface area contributed by atoms with Gasteiger partial charge in [0.15, 0.2) is 0 Å². The van der Waals surface area contributed by atoms with Crippen LogP contribution in [-0.2, 0) is 25.7 Å². The average molecular weight is 534 g/mol. The highest BCUT2D eigenvalue weighted by molar-refractivity contribution is 7.90. The second kappa shape index (κ2) is 9.88. The van der Waals surface area contributed by atoms with Gasteiger partial charge >= 0.3 is 6.18 Å². The Morgan fingerprint density at radius 1 is 1.14 bits per heavy atom. The van der Waals surface area contributed by atoms with Gasteiger partial charge in [-0.2, -0.15) is 17.5 Å². The molecular formula is C23H34F3N5O4S. The summed E-state index contributed by atoms with van der Waals surface area (Å²) >= 11 is 0. The average Bonchev–Trinajstić information content (AvgIpc) is 3.70. The number of hydrogen-bond acceptors (Lipinski definition) is 8. The summed E-state index contributed by atoms with van der Waals surface area (Å²) in [6.45, 7) is 2.34. The maximum absolute atomic E-state index is 13.8. The number of sulfonamides is 1. The molecule has 0 amide bonds. The van der Waals surface area contributed by atoms with Gasteiger partial charge in [-0.25, -0.2) is 18.4 Å². The maximum Gasteiger partial charge on any atom is 0.451 e. The van der Waals surface area contributed by atoms with Crippen molar-refractivity contribution in [2.24, 2.45) is 0 Å². The van der Waals surface area contributed by atoms with Crippen LogP contribution < -0.4 is 9.80 Å². The SMILES string of the molecule is CN(CC1CN(S(=O)(=O)C2CC2)CCO1)c1cc(N2CCOC3(CCCCC3)C2)nc(C(F)(F)F)n1. The minimum Gasteiger partial charge on any atom is -0.374 e. The molecule has 202 valence electrons. The third-order valence-corrected chi connectivity index (χ3v) is 9.93. The molecule has 4 fully saturated rings. The third kappa shape index (κ3) is 5.58. The summed E-state index contributed by atoms with van der Waals surface area (Å²) in [6, 6.07) is 1.58. The molecule has 9 nitrogen and oxygen atoms in total. The molecule has 1 atom stereocenters. The summed E-state index contributed by atoms with van der Waals surface area (Å²) in [4.78, 5) is 11.2. The van der Waals surface area contributed by atoms with Crippen LogP contribution in [0, 0.1) is 0 Å². The quantitative estimate of drug-likeness (QED) is 0.552. The summed E-state index contributed by atoms with van der Waals surface area (Å²) in [7, 11) is -1.70. The van der Waals surface area contributed by atoms with Crippen molar-refractivity contribution in [2.75, 3.05) is 62.8 Å². The van der Waals surface area contributed by atoms with E-state index >= 15 is 0 Å². The van der Waals surface area contributed by atoms with E-state index in [0.717, 1.165) is 32.1 Å². The number of hydrogen-bond donors (Lipinski definition) is 0. The molecule has 2 aliphatic carbocycles. The molecule has 1 spiro atoms. The van der Waals surface area contributed by atoms with Gasteiger partial charge in [0.1, 0.15) is 11.6 Å². The van der Waals surface area contributed by atoms with Crippen molar-refractivity contribution in [3.63, 3.8) is 0 Å². The molecule has 2 saturated carbocycles. The first-order chi connectivity index (χ1) is 17.1. The molecule has 0 aromatic carbocycles. The van der Waals surface area contributed by atoms with Crippen molar-refractivity contribution in [2.45, 2.75) is 68.1 Å². The van der Waals surface area contributed by atoms with Crippen LogP contribution in [0.2, 0.25) is 0 Å². The second-order valence-corrected chi connectivity index (χ2v) is 12.6. The number of nitrogens with zero attached hydrogens (tertiary/aromatic N) is 5. The molecule has 3 heterocycles. The molecule has 13 heteroatoms. The molecule has 5 rings (SSSR count). The summed E-state index contributed by atoms with van der Waals surface area (Å²) in [6.07, 6.45) is 1.22. The van der Waals surface area contributed by atoms with E-state index in [0.29, 0.717) is 39.1 Å². The van der Waals surface area contributed by atoms with Crippen LogP contribution in [0.5, 0.6) is 0 Å². The van der Waals surface area contributed by atoms with E-state index in [9.17, 15) is 21.6 Å². The molecule has 0 bridgehead atoms. The van der Waals surface area contributed by atoms with Gasteiger partial charge in [-0.15, -0.1) is 0 Å². The van der Waals surface area contributed by atoms with E-state index in [1.54, 1.807) is 18.0 Å². The Bertz CT molecular complexity index is 1040. The van der Waals surface area contributed by atoms with Gasteiger partial charge in [0.25, 0.3) is 0 Å². The lowest BCUT2D eigenvalue weighted by atomic mass is 9.83. The Hall–Kier alpha value is -1.70. The Morgan fingerprint density at radius 2 is 1.89 bits per heavy atom. The van der Waals surface area contributed by atoms with Crippen molar-refractivity contribution >= 4 is 21.7 Å². The van der Waals surface area contributed by atoms with Crippen LogP contribution >= 0.6 is 0 Å². The highest BCUT2D eigenvalue weighted by atomic mass is 32.2. The predicted molar refractivity (Wildman–Crippen MR) is 128 cm³/mol. The Labute approximate surface area is 210 Å². The zero-order valence-corrected chi connectivity index (χ0v) is 21.4. The molecular weight excluding hydrogens is 499 g/mol. The van der Waals surface area contributed by atoms with Crippen molar-refractivity contribution < 1.29 is 31.1 Å². The Balaban J connectivity index is 1.34. The molecule has 2 saturated heterocycles. The first-order valence-electron chi connectivity index (χ1n) is 12.7. The minimum atomic E-state index is -4.70. The summed E-state index contributed by atoms with van der Waals surface area (Å²) in [5.41, 5.74) is -0.335. The predicted octanol–water partition coefficient (Wildman–Crippen LogP) is 2.66. The van der Waals surface area contributed by atoms with Crippen molar-refractivity contribution in [1.82, 2.24) is 14.3 Å². The van der Waals surface area contributed by atoms with E-state index in [4.69, 9.17) is 9.47 Å². The van der Waals surface area contributed by atoms with E-state index in [2.05, 4.69) is 9.97 Å². The first kappa shape index (κ1) is 25.9. The van der Waals surface area contributed by atoms with Gasteiger partial charge in [-0.3, -0.25) is 0 Å². The standard InChI is InChI=1S/C23H34F3N5O4S/c1-29(14-17-15-31(10-11-34-17)36(32,33)18-5-6-18)19-13-20(28-21(27-19)23(24,25)26)30-9-12-35-22(16-30)7-3-2-4-8-22/h13,17-18H,2-12,14-16H2,1H3. The van der Waals surface area contributed by atoms with E-state index in [1.165, 1.54) is 4.31 Å². The number of halogens is 3. The van der Waals surface area contributed by atoms with E-state index < -0.39 is 28.1 Å². The highest BCUT2D eigenvalue weighted by Crippen LogP contribution is 2.37. The van der Waals surface area contributed by atoms with E-state index in [1.807, 2.05) is 4.90 Å². The number of alkyl halides is 3. The van der Waals surface area contributed by atoms with Crippen LogP contribution in [0.1, 0.15) is 50.8 Å². The maximum atomic E-state index is 13.8. The normalized spacial score (nSPS) is 25.8. The Morgan fingerprint density at radius 3 is 2.58 bits per heavy atom. The topological polar surface area (TPSA) is 88.1 Å². The van der Waals surface area contributed by atoms with Crippen molar-refractivity contribution in [1.29, 1.82) is 0 Å². The number of likely N-dealkylation sites (N-methyl/N-ethyl adjacent to an activating group) is 1. The lowest BCUT2D eigenvalue weighted by molar-refractivity contribution is -0.144. The van der Waals surface area contributed by atoms with Gasteiger partial charge in [-0.05, 0) is 25.7 Å². The minimum absolute atomic E-state index is 0.127. The molecule has 1 aromatic heterocycles. The zero-order valence-electron chi connectivity index (χ0n) is 20.5. The fourth-order valence-corrected chi connectivity index (χ4v) is 7.31. The van der Waals surface area contributed by atoms with Gasteiger partial charge in [0, 0.05) is 45.8 Å². The Kier molecular flexibility index (Phi) is 7.12. The van der Waals surface area contributed by atoms with Crippen molar-refractivity contribution in [3.05, 3.63) is 11.9 Å². The van der Waals surface area contributed by atoms with Crippen LogP contribution in [0.25, 0.3) is 0 Å². The van der Waals surface area contributed by atoms with E-state index in [-0.39, 0.29) is 42.2 Å². The molecule has 4 aliphatic rings. The molecule has 36 heavy (non-hydrogen) atoms. The summed E-state index contributed by atoms with van der Waals surface area (Å²) < 4.78 is 79.9. The molecule has 1 unspecified atom stereocenters. The zero-order chi connectivity index (χ0) is 25.6. The smallest absolute Gasteiger partial charge is 0.374 e. The molecule has 0 radical (unpaired) electrons. The van der Waals surface area contributed by atoms with Crippen LogP contribution in [0.3, 0.4) is 0 Å². The summed E-state index contributed by atoms with van der Waals surface area (Å²) in [5.74, 6) is -0.828. The molecule has 2 aliphatic heterocycles. The number of morpholine rings is 2. The monoisotopic (exact) mass is 533 g/mol. The lowest BCUT2D eigenvalue weighted by Gasteiger charge is -2.45. The second-order valence-electron chi connectivity index (χ2n) is 10.4. The largest absolute Gasteiger partial charge is 0.451 e. The van der Waals surface area contributed by atoms with Gasteiger partial charge in [0.05, 0.1) is 30.2 Å². The fraction of sp³-hybridized carbons (Fsp3) is 0.826. The van der Waals surface area contributed by atoms with Crippen LogP contribution in [-0.4, -0.2) is 92.6 Å². The first-order valence-corrected chi connectivity index (χ1v) is 14.2. The third-order valence-electron chi connectivity index (χ3n) is 7.57. The number of rotatable bonds is 6. The van der Waals surface area contributed by atoms with Gasteiger partial charge < -0.3 is 19.3 Å². The summed E-state index contributed by atoms with van der Waals surface area (Å²) in [5, 5.41) is -0.311. The number of anilines is 2.